The fourth-order valence-electron chi connectivity index (χ4n) is 1.85. The average Bonchev–Trinajstić information content (AvgIpc) is 2.82. The van der Waals surface area contributed by atoms with E-state index in [0.29, 0.717) is 31.3 Å². The van der Waals surface area contributed by atoms with Gasteiger partial charge in [-0.3, -0.25) is 0 Å². The van der Waals surface area contributed by atoms with Crippen molar-refractivity contribution in [1.29, 1.82) is 0 Å². The molecule has 0 fully saturated rings. The minimum atomic E-state index is -0.116. The van der Waals surface area contributed by atoms with E-state index in [1.807, 2.05) is 0 Å². The number of benzene rings is 1. The van der Waals surface area contributed by atoms with Crippen molar-refractivity contribution in [3.8, 4) is 10.6 Å². The normalized spacial score (nSPS) is 11.2. The minimum Gasteiger partial charge on any atom is -0.392 e. The van der Waals surface area contributed by atoms with Gasteiger partial charge < -0.3 is 5.11 Å². The van der Waals surface area contributed by atoms with E-state index in [1.54, 1.807) is 24.4 Å². The van der Waals surface area contributed by atoms with Crippen LogP contribution in [-0.4, -0.2) is 15.1 Å². The van der Waals surface area contributed by atoms with E-state index in [2.05, 4.69) is 9.97 Å². The maximum atomic E-state index is 9.14. The number of halogens is 3. The van der Waals surface area contributed by atoms with Crippen LogP contribution in [0, 0.1) is 0 Å². The van der Waals surface area contributed by atoms with Crippen molar-refractivity contribution in [2.24, 2.45) is 0 Å². The lowest BCUT2D eigenvalue weighted by Gasteiger charge is -2.06. The molecule has 0 aliphatic rings. The van der Waals surface area contributed by atoms with Gasteiger partial charge in [0, 0.05) is 11.8 Å². The molecule has 1 N–H and O–H groups in total. The molecule has 20 heavy (non-hydrogen) atoms. The van der Waals surface area contributed by atoms with Crippen LogP contribution in [0.1, 0.15) is 5.56 Å². The lowest BCUT2D eigenvalue weighted by Crippen LogP contribution is -1.87. The Labute approximate surface area is 133 Å². The third-order valence-electron chi connectivity index (χ3n) is 2.76. The van der Waals surface area contributed by atoms with E-state index in [-0.39, 0.29) is 6.61 Å². The number of hydrogen-bond acceptors (Lipinski definition) is 4. The maximum Gasteiger partial charge on any atom is 0.148 e. The van der Waals surface area contributed by atoms with E-state index in [4.69, 9.17) is 39.9 Å². The van der Waals surface area contributed by atoms with Crippen LogP contribution in [0.15, 0.2) is 24.4 Å². The Morgan fingerprint density at radius 1 is 1.15 bits per heavy atom. The van der Waals surface area contributed by atoms with Gasteiger partial charge in [0.05, 0.1) is 26.9 Å². The molecule has 7 heteroatoms. The molecule has 3 rings (SSSR count). The molecule has 0 unspecified atom stereocenters. The molecule has 0 aliphatic carbocycles. The molecular formula is C13H7Cl3N2OS. The summed E-state index contributed by atoms with van der Waals surface area (Å²) in [7, 11) is 0. The Bertz CT molecular complexity index is 780. The lowest BCUT2D eigenvalue weighted by atomic mass is 10.1. The molecule has 102 valence electrons. The molecule has 0 spiro atoms. The highest BCUT2D eigenvalue weighted by Crippen LogP contribution is 2.40. The van der Waals surface area contributed by atoms with Crippen LogP contribution in [0.25, 0.3) is 20.8 Å². The zero-order valence-electron chi connectivity index (χ0n) is 9.90. The SMILES string of the molecule is OCc1cc(Cl)c(-c2nc3ccnc(Cl)c3s2)c(Cl)c1. The van der Waals surface area contributed by atoms with Crippen molar-refractivity contribution in [3.63, 3.8) is 0 Å². The summed E-state index contributed by atoms with van der Waals surface area (Å²) in [6.45, 7) is -0.116. The second-order valence-corrected chi connectivity index (χ2v) is 6.23. The van der Waals surface area contributed by atoms with Crippen molar-refractivity contribution < 1.29 is 5.11 Å². The van der Waals surface area contributed by atoms with Gasteiger partial charge in [-0.05, 0) is 23.8 Å². The van der Waals surface area contributed by atoms with Crippen molar-refractivity contribution in [1.82, 2.24) is 9.97 Å². The third-order valence-corrected chi connectivity index (χ3v) is 4.85. The highest BCUT2D eigenvalue weighted by molar-refractivity contribution is 7.22. The number of rotatable bonds is 2. The number of pyridine rings is 1. The summed E-state index contributed by atoms with van der Waals surface area (Å²) in [5, 5.41) is 11.1. The zero-order valence-corrected chi connectivity index (χ0v) is 13.0. The summed E-state index contributed by atoms with van der Waals surface area (Å²) in [5.41, 5.74) is 2.05. The second kappa shape index (κ2) is 5.47. The molecule has 0 amide bonds. The summed E-state index contributed by atoms with van der Waals surface area (Å²) in [6.07, 6.45) is 1.60. The standard InChI is InChI=1S/C13H7Cl3N2OS/c14-7-3-6(5-19)4-8(15)10(7)13-18-9-1-2-17-12(16)11(9)20-13/h1-4,19H,5H2. The van der Waals surface area contributed by atoms with Crippen LogP contribution in [0.3, 0.4) is 0 Å². The van der Waals surface area contributed by atoms with Gasteiger partial charge in [0.25, 0.3) is 0 Å². The first-order valence-electron chi connectivity index (χ1n) is 5.60. The maximum absolute atomic E-state index is 9.14. The topological polar surface area (TPSA) is 46.0 Å². The van der Waals surface area contributed by atoms with Gasteiger partial charge >= 0.3 is 0 Å². The van der Waals surface area contributed by atoms with Crippen LogP contribution in [-0.2, 0) is 6.61 Å². The molecular weight excluding hydrogens is 339 g/mol. The van der Waals surface area contributed by atoms with Crippen molar-refractivity contribution in [2.75, 3.05) is 0 Å². The summed E-state index contributed by atoms with van der Waals surface area (Å²) >= 11 is 19.9. The van der Waals surface area contributed by atoms with Gasteiger partial charge in [0.15, 0.2) is 0 Å². The number of hydrogen-bond donors (Lipinski definition) is 1. The van der Waals surface area contributed by atoms with Gasteiger partial charge in [0.1, 0.15) is 10.2 Å². The smallest absolute Gasteiger partial charge is 0.148 e. The Balaban J connectivity index is 2.23. The molecule has 0 atom stereocenters. The zero-order chi connectivity index (χ0) is 14.3. The number of fused-ring (bicyclic) bond motifs is 1. The molecule has 3 aromatic rings. The monoisotopic (exact) mass is 344 g/mol. The van der Waals surface area contributed by atoms with Crippen LogP contribution in [0.4, 0.5) is 0 Å². The first-order valence-corrected chi connectivity index (χ1v) is 7.55. The van der Waals surface area contributed by atoms with E-state index >= 15 is 0 Å². The predicted octanol–water partition coefficient (Wildman–Crippen LogP) is 4.81. The highest BCUT2D eigenvalue weighted by atomic mass is 35.5. The summed E-state index contributed by atoms with van der Waals surface area (Å²) < 4.78 is 0.794. The molecule has 0 saturated heterocycles. The van der Waals surface area contributed by atoms with Gasteiger partial charge in [0.2, 0.25) is 0 Å². The molecule has 3 nitrogen and oxygen atoms in total. The number of thiazole rings is 1. The van der Waals surface area contributed by atoms with Crippen LogP contribution < -0.4 is 0 Å². The van der Waals surface area contributed by atoms with Gasteiger partial charge in [-0.15, -0.1) is 11.3 Å². The van der Waals surface area contributed by atoms with Gasteiger partial charge in [-0.2, -0.15) is 0 Å². The lowest BCUT2D eigenvalue weighted by molar-refractivity contribution is 0.282. The van der Waals surface area contributed by atoms with Crippen LogP contribution >= 0.6 is 46.1 Å². The molecule has 2 aromatic heterocycles. The number of aliphatic hydroxyl groups is 1. The molecule has 0 saturated carbocycles. The van der Waals surface area contributed by atoms with Crippen LogP contribution in [0.2, 0.25) is 15.2 Å². The van der Waals surface area contributed by atoms with Gasteiger partial charge in [-0.25, -0.2) is 9.97 Å². The number of aliphatic hydroxyl groups excluding tert-OH is 1. The highest BCUT2D eigenvalue weighted by Gasteiger charge is 2.16. The Kier molecular flexibility index (Phi) is 3.84. The minimum absolute atomic E-state index is 0.116. The summed E-state index contributed by atoms with van der Waals surface area (Å²) in [6, 6.07) is 5.13. The summed E-state index contributed by atoms with van der Waals surface area (Å²) in [4.78, 5) is 8.51. The molecule has 0 bridgehead atoms. The van der Waals surface area contributed by atoms with Crippen LogP contribution in [0.5, 0.6) is 0 Å². The largest absolute Gasteiger partial charge is 0.392 e. The molecule has 2 heterocycles. The molecule has 1 aromatic carbocycles. The Hall–Kier alpha value is -0.910. The third kappa shape index (κ3) is 2.38. The van der Waals surface area contributed by atoms with E-state index < -0.39 is 0 Å². The fourth-order valence-corrected chi connectivity index (χ4v) is 3.96. The summed E-state index contributed by atoms with van der Waals surface area (Å²) in [5.74, 6) is 0. The number of aromatic nitrogens is 2. The number of nitrogens with zero attached hydrogens (tertiary/aromatic N) is 2. The second-order valence-electron chi connectivity index (χ2n) is 4.06. The van der Waals surface area contributed by atoms with Crippen molar-refractivity contribution in [3.05, 3.63) is 45.2 Å². The first kappa shape index (κ1) is 14.0. The van der Waals surface area contributed by atoms with E-state index in [1.165, 1.54) is 11.3 Å². The Morgan fingerprint density at radius 2 is 1.85 bits per heavy atom. The van der Waals surface area contributed by atoms with Crippen molar-refractivity contribution in [2.45, 2.75) is 6.61 Å². The van der Waals surface area contributed by atoms with Crippen molar-refractivity contribution >= 4 is 56.4 Å². The quantitative estimate of drug-likeness (QED) is 0.678. The fraction of sp³-hybridized carbons (Fsp3) is 0.0769. The molecule has 0 aliphatic heterocycles. The van der Waals surface area contributed by atoms with Gasteiger partial charge in [-0.1, -0.05) is 34.8 Å². The Morgan fingerprint density at radius 3 is 2.45 bits per heavy atom. The first-order chi connectivity index (χ1) is 9.60. The predicted molar refractivity (Wildman–Crippen MR) is 83.8 cm³/mol. The average molecular weight is 346 g/mol. The van der Waals surface area contributed by atoms with E-state index in [9.17, 15) is 0 Å². The van der Waals surface area contributed by atoms with E-state index in [0.717, 1.165) is 10.2 Å². The molecule has 0 radical (unpaired) electrons.